The SMILES string of the molecule is CCOC(=O)n1cc(C(=O)C2CSC(c3cccnc3)N2)c2ccccc21. The van der Waals surface area contributed by atoms with Crippen molar-refractivity contribution in [2.45, 2.75) is 18.3 Å². The summed E-state index contributed by atoms with van der Waals surface area (Å²) in [5, 5.41) is 4.17. The Morgan fingerprint density at radius 2 is 2.15 bits per heavy atom. The van der Waals surface area contributed by atoms with Crippen LogP contribution < -0.4 is 5.32 Å². The van der Waals surface area contributed by atoms with Gasteiger partial charge in [0.1, 0.15) is 0 Å². The zero-order chi connectivity index (χ0) is 18.8. The van der Waals surface area contributed by atoms with Crippen LogP contribution in [0, 0.1) is 0 Å². The number of para-hydroxylation sites is 1. The van der Waals surface area contributed by atoms with E-state index in [1.807, 2.05) is 42.6 Å². The lowest BCUT2D eigenvalue weighted by molar-refractivity contribution is 0.0957. The number of rotatable bonds is 4. The molecule has 2 unspecified atom stereocenters. The summed E-state index contributed by atoms with van der Waals surface area (Å²) in [7, 11) is 0. The van der Waals surface area contributed by atoms with Gasteiger partial charge in [0.2, 0.25) is 0 Å². The number of benzene rings is 1. The molecule has 0 saturated carbocycles. The lowest BCUT2D eigenvalue weighted by Gasteiger charge is -2.12. The van der Waals surface area contributed by atoms with E-state index in [1.165, 1.54) is 4.57 Å². The number of thioether (sulfide) groups is 1. The minimum atomic E-state index is -0.477. The van der Waals surface area contributed by atoms with Crippen LogP contribution in [0.1, 0.15) is 28.2 Å². The summed E-state index contributed by atoms with van der Waals surface area (Å²) in [6, 6.07) is 11.0. The summed E-state index contributed by atoms with van der Waals surface area (Å²) in [6.07, 6.45) is 4.66. The second kappa shape index (κ2) is 7.54. The molecule has 1 saturated heterocycles. The topological polar surface area (TPSA) is 73.2 Å². The third-order valence-corrected chi connectivity index (χ3v) is 5.80. The maximum atomic E-state index is 13.2. The molecule has 138 valence electrons. The first kappa shape index (κ1) is 17.8. The first-order valence-corrected chi connectivity index (χ1v) is 9.83. The normalized spacial score (nSPS) is 19.3. The Balaban J connectivity index is 1.63. The molecular formula is C20H19N3O3S. The van der Waals surface area contributed by atoms with E-state index in [0.29, 0.717) is 16.8 Å². The molecule has 1 fully saturated rings. The quantitative estimate of drug-likeness (QED) is 0.696. The largest absolute Gasteiger partial charge is 0.449 e. The van der Waals surface area contributed by atoms with Crippen LogP contribution in [-0.4, -0.2) is 39.8 Å². The van der Waals surface area contributed by atoms with Crippen molar-refractivity contribution in [1.82, 2.24) is 14.9 Å². The van der Waals surface area contributed by atoms with Gasteiger partial charge < -0.3 is 4.74 Å². The van der Waals surface area contributed by atoms with Gasteiger partial charge in [-0.15, -0.1) is 11.8 Å². The van der Waals surface area contributed by atoms with Crippen molar-refractivity contribution in [3.8, 4) is 0 Å². The maximum Gasteiger partial charge on any atom is 0.418 e. The fraction of sp³-hybridized carbons (Fsp3) is 0.250. The van der Waals surface area contributed by atoms with Gasteiger partial charge in [0, 0.05) is 35.3 Å². The first-order chi connectivity index (χ1) is 13.2. The molecule has 3 aromatic rings. The number of Topliss-reactive ketones (excluding diaryl/α,β-unsaturated/α-hetero) is 1. The average molecular weight is 381 g/mol. The molecule has 0 bridgehead atoms. The summed E-state index contributed by atoms with van der Waals surface area (Å²) in [5.41, 5.74) is 2.25. The summed E-state index contributed by atoms with van der Waals surface area (Å²) in [4.78, 5) is 29.6. The minimum absolute atomic E-state index is 0.0202. The molecule has 1 aliphatic rings. The zero-order valence-electron chi connectivity index (χ0n) is 14.8. The van der Waals surface area contributed by atoms with Crippen LogP contribution >= 0.6 is 11.8 Å². The van der Waals surface area contributed by atoms with Gasteiger partial charge in [-0.3, -0.25) is 19.7 Å². The third-order valence-electron chi connectivity index (χ3n) is 4.53. The zero-order valence-corrected chi connectivity index (χ0v) is 15.6. The highest BCUT2D eigenvalue weighted by atomic mass is 32.2. The van der Waals surface area contributed by atoms with Gasteiger partial charge in [-0.2, -0.15) is 0 Å². The molecule has 6 nitrogen and oxygen atoms in total. The Morgan fingerprint density at radius 3 is 2.93 bits per heavy atom. The van der Waals surface area contributed by atoms with Crippen LogP contribution in [0.25, 0.3) is 10.9 Å². The van der Waals surface area contributed by atoms with Crippen LogP contribution in [0.4, 0.5) is 4.79 Å². The molecule has 4 rings (SSSR count). The minimum Gasteiger partial charge on any atom is -0.449 e. The molecule has 1 N–H and O–H groups in total. The van der Waals surface area contributed by atoms with E-state index in [0.717, 1.165) is 10.9 Å². The molecule has 0 spiro atoms. The molecule has 0 amide bonds. The fourth-order valence-corrected chi connectivity index (χ4v) is 4.48. The number of nitrogens with zero attached hydrogens (tertiary/aromatic N) is 2. The third kappa shape index (κ3) is 3.36. The van der Waals surface area contributed by atoms with Crippen molar-refractivity contribution in [1.29, 1.82) is 0 Å². The highest BCUT2D eigenvalue weighted by molar-refractivity contribution is 7.99. The van der Waals surface area contributed by atoms with E-state index >= 15 is 0 Å². The predicted molar refractivity (Wildman–Crippen MR) is 105 cm³/mol. The van der Waals surface area contributed by atoms with E-state index in [9.17, 15) is 9.59 Å². The van der Waals surface area contributed by atoms with E-state index in [1.54, 1.807) is 31.1 Å². The molecule has 0 radical (unpaired) electrons. The summed E-state index contributed by atoms with van der Waals surface area (Å²) in [6.45, 7) is 2.04. The number of nitrogens with one attached hydrogen (secondary N) is 1. The van der Waals surface area contributed by atoms with Crippen LogP contribution in [0.15, 0.2) is 55.0 Å². The lowest BCUT2D eigenvalue weighted by Crippen LogP contribution is -2.34. The summed E-state index contributed by atoms with van der Waals surface area (Å²) < 4.78 is 6.53. The Kier molecular flexibility index (Phi) is 4.96. The summed E-state index contributed by atoms with van der Waals surface area (Å²) in [5.74, 6) is 0.644. The number of pyridine rings is 1. The van der Waals surface area contributed by atoms with Gasteiger partial charge >= 0.3 is 6.09 Å². The van der Waals surface area contributed by atoms with Crippen LogP contribution in [0.2, 0.25) is 0 Å². The smallest absolute Gasteiger partial charge is 0.418 e. The summed E-state index contributed by atoms with van der Waals surface area (Å²) >= 11 is 1.68. The molecular weight excluding hydrogens is 362 g/mol. The fourth-order valence-electron chi connectivity index (χ4n) is 3.25. The van der Waals surface area contributed by atoms with Gasteiger partial charge in [-0.1, -0.05) is 24.3 Å². The van der Waals surface area contributed by atoms with Crippen molar-refractivity contribution in [3.63, 3.8) is 0 Å². The number of hydrogen-bond donors (Lipinski definition) is 1. The number of aromatic nitrogens is 2. The van der Waals surface area contributed by atoms with Gasteiger partial charge in [0.25, 0.3) is 0 Å². The molecule has 3 heterocycles. The Hall–Kier alpha value is -2.64. The van der Waals surface area contributed by atoms with Crippen molar-refractivity contribution >= 4 is 34.5 Å². The van der Waals surface area contributed by atoms with E-state index in [4.69, 9.17) is 4.74 Å². The molecule has 27 heavy (non-hydrogen) atoms. The molecule has 2 atom stereocenters. The molecule has 0 aliphatic carbocycles. The first-order valence-electron chi connectivity index (χ1n) is 8.78. The number of fused-ring (bicyclic) bond motifs is 1. The maximum absolute atomic E-state index is 13.2. The van der Waals surface area contributed by atoms with Gasteiger partial charge in [-0.05, 0) is 24.6 Å². The molecule has 7 heteroatoms. The standard InChI is InChI=1S/C20H19N3O3S/c1-2-26-20(25)23-11-15(14-7-3-4-8-17(14)23)18(24)16-12-27-19(22-16)13-6-5-9-21-10-13/h3-11,16,19,22H,2,12H2,1H3. The van der Waals surface area contributed by atoms with Gasteiger partial charge in [-0.25, -0.2) is 4.79 Å². The van der Waals surface area contributed by atoms with Crippen molar-refractivity contribution in [3.05, 3.63) is 66.1 Å². The number of ether oxygens (including phenoxy) is 1. The Morgan fingerprint density at radius 1 is 1.30 bits per heavy atom. The van der Waals surface area contributed by atoms with Crippen molar-refractivity contribution in [2.24, 2.45) is 0 Å². The number of hydrogen-bond acceptors (Lipinski definition) is 6. The monoisotopic (exact) mass is 381 g/mol. The van der Waals surface area contributed by atoms with Crippen molar-refractivity contribution < 1.29 is 14.3 Å². The van der Waals surface area contributed by atoms with E-state index < -0.39 is 6.09 Å². The molecule has 1 aromatic carbocycles. The second-order valence-electron chi connectivity index (χ2n) is 6.21. The van der Waals surface area contributed by atoms with E-state index in [-0.39, 0.29) is 23.8 Å². The van der Waals surface area contributed by atoms with Gasteiger partial charge in [0.05, 0.1) is 23.5 Å². The number of ketones is 1. The Labute approximate surface area is 160 Å². The van der Waals surface area contributed by atoms with Crippen LogP contribution in [0.5, 0.6) is 0 Å². The average Bonchev–Trinajstić information content (AvgIpc) is 3.34. The Bertz CT molecular complexity index is 987. The lowest BCUT2D eigenvalue weighted by atomic mass is 10.0. The van der Waals surface area contributed by atoms with Crippen molar-refractivity contribution in [2.75, 3.05) is 12.4 Å². The van der Waals surface area contributed by atoms with Crippen LogP contribution in [-0.2, 0) is 4.74 Å². The molecule has 1 aliphatic heterocycles. The highest BCUT2D eigenvalue weighted by Gasteiger charge is 2.33. The molecule has 2 aromatic heterocycles. The number of carbonyl (C=O) groups excluding carboxylic acids is 2. The van der Waals surface area contributed by atoms with Gasteiger partial charge in [0.15, 0.2) is 5.78 Å². The second-order valence-corrected chi connectivity index (χ2v) is 7.35. The number of carbonyl (C=O) groups is 2. The van der Waals surface area contributed by atoms with Crippen LogP contribution in [0.3, 0.4) is 0 Å². The predicted octanol–water partition coefficient (Wildman–Crippen LogP) is 3.63. The highest BCUT2D eigenvalue weighted by Crippen LogP contribution is 2.34. The van der Waals surface area contributed by atoms with E-state index in [2.05, 4.69) is 10.3 Å².